The Balaban J connectivity index is 2.17. The Morgan fingerprint density at radius 3 is 2.25 bits per heavy atom. The zero-order chi connectivity index (χ0) is 14.1. The maximum absolute atomic E-state index is 12.1. The average molecular weight is 264 g/mol. The van der Waals surface area contributed by atoms with E-state index in [-0.39, 0.29) is 0 Å². The molecule has 3 heteroatoms. The van der Waals surface area contributed by atoms with E-state index in [0.29, 0.717) is 22.4 Å². The van der Waals surface area contributed by atoms with Crippen LogP contribution in [0.15, 0.2) is 48.5 Å². The van der Waals surface area contributed by atoms with Crippen LogP contribution in [0.3, 0.4) is 0 Å². The molecule has 0 unspecified atom stereocenters. The quantitative estimate of drug-likeness (QED) is 0.618. The maximum Gasteiger partial charge on any atom is 0.234 e. The molecule has 1 aliphatic rings. The normalized spacial score (nSPS) is 15.6. The zero-order valence-corrected chi connectivity index (χ0v) is 10.9. The minimum atomic E-state index is -0.461. The minimum absolute atomic E-state index is 0.426. The summed E-state index contributed by atoms with van der Waals surface area (Å²) >= 11 is 0. The van der Waals surface area contributed by atoms with Gasteiger partial charge in [-0.3, -0.25) is 9.59 Å². The van der Waals surface area contributed by atoms with E-state index in [4.69, 9.17) is 4.74 Å². The monoisotopic (exact) mass is 264 g/mol. The van der Waals surface area contributed by atoms with Crippen LogP contribution in [-0.4, -0.2) is 18.7 Å². The molecule has 0 radical (unpaired) electrons. The molecule has 0 aliphatic heterocycles. The zero-order valence-electron chi connectivity index (χ0n) is 10.9. The topological polar surface area (TPSA) is 43.4 Å². The molecule has 0 saturated carbocycles. The smallest absolute Gasteiger partial charge is 0.234 e. The Kier molecular flexibility index (Phi) is 2.95. The maximum atomic E-state index is 12.1. The predicted octanol–water partition coefficient (Wildman–Crippen LogP) is 3.00. The summed E-state index contributed by atoms with van der Waals surface area (Å²) in [6, 6.07) is 14.4. The van der Waals surface area contributed by atoms with Gasteiger partial charge in [0.05, 0.1) is 7.11 Å². The number of allylic oxidation sites excluding steroid dienone is 1. The van der Waals surface area contributed by atoms with E-state index >= 15 is 0 Å². The van der Waals surface area contributed by atoms with Gasteiger partial charge < -0.3 is 4.74 Å². The number of hydrogen-bond acceptors (Lipinski definition) is 3. The highest BCUT2D eigenvalue weighted by atomic mass is 16.5. The summed E-state index contributed by atoms with van der Waals surface area (Å²) in [6.07, 6.45) is 1.71. The van der Waals surface area contributed by atoms with Crippen molar-refractivity contribution in [1.82, 2.24) is 0 Å². The lowest BCUT2D eigenvalue weighted by atomic mass is 10.0. The summed E-state index contributed by atoms with van der Waals surface area (Å²) in [7, 11) is 1.58. The van der Waals surface area contributed by atoms with Crippen LogP contribution in [0.1, 0.15) is 21.5 Å². The highest BCUT2D eigenvalue weighted by Gasteiger charge is 2.32. The first-order valence-corrected chi connectivity index (χ1v) is 6.25. The van der Waals surface area contributed by atoms with Gasteiger partial charge in [0.15, 0.2) is 0 Å². The molecule has 0 heterocycles. The van der Waals surface area contributed by atoms with Crippen LogP contribution in [0.5, 0.6) is 5.75 Å². The Morgan fingerprint density at radius 2 is 1.50 bits per heavy atom. The molecule has 20 heavy (non-hydrogen) atoms. The predicted molar refractivity (Wildman–Crippen MR) is 76.6 cm³/mol. The first-order chi connectivity index (χ1) is 9.72. The van der Waals surface area contributed by atoms with Crippen molar-refractivity contribution in [2.24, 2.45) is 0 Å². The van der Waals surface area contributed by atoms with Crippen LogP contribution >= 0.6 is 0 Å². The van der Waals surface area contributed by atoms with E-state index in [2.05, 4.69) is 0 Å². The van der Waals surface area contributed by atoms with Gasteiger partial charge in [-0.25, -0.2) is 0 Å². The molecule has 2 aromatic rings. The first-order valence-electron chi connectivity index (χ1n) is 6.25. The number of ketones is 2. The number of hydrogen-bond donors (Lipinski definition) is 0. The molecule has 0 fully saturated rings. The molecule has 0 atom stereocenters. The summed E-state index contributed by atoms with van der Waals surface area (Å²) in [5.41, 5.74) is 2.37. The van der Waals surface area contributed by atoms with Crippen LogP contribution < -0.4 is 4.74 Å². The number of Topliss-reactive ketones (excluding diaryl/α,β-unsaturated/α-hetero) is 2. The van der Waals surface area contributed by atoms with Gasteiger partial charge in [-0.2, -0.15) is 0 Å². The highest BCUT2D eigenvalue weighted by Crippen LogP contribution is 2.32. The second kappa shape index (κ2) is 4.78. The van der Waals surface area contributed by atoms with Gasteiger partial charge in [0.25, 0.3) is 0 Å². The second-order valence-electron chi connectivity index (χ2n) is 4.50. The van der Waals surface area contributed by atoms with Gasteiger partial charge in [0, 0.05) is 16.7 Å². The largest absolute Gasteiger partial charge is 0.496 e. The van der Waals surface area contributed by atoms with E-state index < -0.39 is 11.6 Å². The third-order valence-corrected chi connectivity index (χ3v) is 3.35. The lowest BCUT2D eigenvalue weighted by molar-refractivity contribution is -0.109. The molecule has 0 saturated heterocycles. The van der Waals surface area contributed by atoms with E-state index in [1.807, 2.05) is 30.3 Å². The summed E-state index contributed by atoms with van der Waals surface area (Å²) < 4.78 is 5.26. The van der Waals surface area contributed by atoms with Crippen molar-refractivity contribution in [1.29, 1.82) is 0 Å². The van der Waals surface area contributed by atoms with Crippen LogP contribution in [-0.2, 0) is 4.79 Å². The fraction of sp³-hybridized carbons (Fsp3) is 0.0588. The molecule has 3 nitrogen and oxygen atoms in total. The van der Waals surface area contributed by atoms with E-state index in [1.54, 1.807) is 31.4 Å². The standard InChI is InChI=1S/C17H12O3/c1-20-15-9-5-2-6-11(15)10-14-12-7-3-4-8-13(12)16(18)17(14)19/h2-10H,1H3/b14-10-. The summed E-state index contributed by atoms with van der Waals surface area (Å²) in [5.74, 6) is -0.233. The fourth-order valence-corrected chi connectivity index (χ4v) is 2.37. The van der Waals surface area contributed by atoms with Crippen molar-refractivity contribution >= 4 is 23.2 Å². The van der Waals surface area contributed by atoms with E-state index in [1.165, 1.54) is 0 Å². The lowest BCUT2D eigenvalue weighted by Crippen LogP contribution is -2.05. The molecular weight excluding hydrogens is 252 g/mol. The number of benzene rings is 2. The Hall–Kier alpha value is -2.68. The number of fused-ring (bicyclic) bond motifs is 1. The Bertz CT molecular complexity index is 741. The van der Waals surface area contributed by atoms with Crippen molar-refractivity contribution < 1.29 is 14.3 Å². The fourth-order valence-electron chi connectivity index (χ4n) is 2.37. The second-order valence-corrected chi connectivity index (χ2v) is 4.50. The van der Waals surface area contributed by atoms with Gasteiger partial charge >= 0.3 is 0 Å². The van der Waals surface area contributed by atoms with Crippen molar-refractivity contribution in [3.63, 3.8) is 0 Å². The van der Waals surface area contributed by atoms with Crippen LogP contribution in [0.25, 0.3) is 11.6 Å². The molecule has 0 spiro atoms. The lowest BCUT2D eigenvalue weighted by Gasteiger charge is -2.05. The van der Waals surface area contributed by atoms with Crippen molar-refractivity contribution in [3.8, 4) is 5.75 Å². The molecule has 1 aliphatic carbocycles. The highest BCUT2D eigenvalue weighted by molar-refractivity contribution is 6.64. The molecule has 0 aromatic heterocycles. The van der Waals surface area contributed by atoms with Crippen molar-refractivity contribution in [2.45, 2.75) is 0 Å². The van der Waals surface area contributed by atoms with Crippen LogP contribution in [0, 0.1) is 0 Å². The molecule has 3 rings (SSSR count). The van der Waals surface area contributed by atoms with Crippen LogP contribution in [0.2, 0.25) is 0 Å². The van der Waals surface area contributed by atoms with E-state index in [9.17, 15) is 9.59 Å². The number of ether oxygens (including phenoxy) is 1. The summed E-state index contributed by atoms with van der Waals surface area (Å²) in [4.78, 5) is 24.0. The molecule has 0 bridgehead atoms. The van der Waals surface area contributed by atoms with Gasteiger partial charge in [0.1, 0.15) is 5.75 Å². The number of carbonyl (C=O) groups excluding carboxylic acids is 2. The molecule has 98 valence electrons. The number of rotatable bonds is 2. The van der Waals surface area contributed by atoms with Gasteiger partial charge in [0.2, 0.25) is 11.6 Å². The van der Waals surface area contributed by atoms with Gasteiger partial charge in [-0.1, -0.05) is 42.5 Å². The van der Waals surface area contributed by atoms with E-state index in [0.717, 1.165) is 5.56 Å². The molecule has 0 N–H and O–H groups in total. The average Bonchev–Trinajstić information content (AvgIpc) is 2.73. The van der Waals surface area contributed by atoms with Crippen LogP contribution in [0.4, 0.5) is 0 Å². The Labute approximate surface area is 116 Å². The summed E-state index contributed by atoms with van der Waals surface area (Å²) in [5, 5.41) is 0. The minimum Gasteiger partial charge on any atom is -0.496 e. The number of para-hydroxylation sites is 1. The number of methoxy groups -OCH3 is 1. The van der Waals surface area contributed by atoms with Crippen molar-refractivity contribution in [3.05, 3.63) is 65.2 Å². The molecular formula is C17H12O3. The third-order valence-electron chi connectivity index (χ3n) is 3.35. The van der Waals surface area contributed by atoms with Gasteiger partial charge in [-0.15, -0.1) is 0 Å². The third kappa shape index (κ3) is 1.84. The molecule has 2 aromatic carbocycles. The summed E-state index contributed by atoms with van der Waals surface area (Å²) in [6.45, 7) is 0. The van der Waals surface area contributed by atoms with Crippen molar-refractivity contribution in [2.75, 3.05) is 7.11 Å². The molecule has 0 amide bonds. The SMILES string of the molecule is COc1ccccc1/C=C1\C(=O)C(=O)c2ccccc21. The number of carbonyl (C=O) groups is 2. The van der Waals surface area contributed by atoms with Gasteiger partial charge in [-0.05, 0) is 17.7 Å². The Morgan fingerprint density at radius 1 is 0.850 bits per heavy atom. The first kappa shape index (κ1) is 12.4.